The first kappa shape index (κ1) is 32.2. The fourth-order valence-corrected chi connectivity index (χ4v) is 6.45. The zero-order valence-corrected chi connectivity index (χ0v) is 26.8. The van der Waals surface area contributed by atoms with Crippen molar-refractivity contribution >= 4 is 73.3 Å². The van der Waals surface area contributed by atoms with Crippen LogP contribution in [0.25, 0.3) is 0 Å². The topological polar surface area (TPSA) is 86.8 Å². The van der Waals surface area contributed by atoms with Crippen molar-refractivity contribution in [1.29, 1.82) is 0 Å². The fourth-order valence-electron chi connectivity index (χ4n) is 4.14. The first-order chi connectivity index (χ1) is 19.1. The zero-order valence-electron chi connectivity index (χ0n) is 22.3. The van der Waals surface area contributed by atoms with Gasteiger partial charge in [0.1, 0.15) is 12.6 Å². The Kier molecular flexibility index (Phi) is 12.1. The number of rotatable bonds is 13. The minimum atomic E-state index is -4.12. The summed E-state index contributed by atoms with van der Waals surface area (Å²) < 4.78 is 29.6. The third kappa shape index (κ3) is 8.11. The predicted molar refractivity (Wildman–Crippen MR) is 169 cm³/mol. The summed E-state index contributed by atoms with van der Waals surface area (Å²) in [5.41, 5.74) is 0.805. The van der Waals surface area contributed by atoms with Crippen LogP contribution in [0.15, 0.2) is 77.7 Å². The Morgan fingerprint density at radius 2 is 1.55 bits per heavy atom. The molecule has 1 atom stereocenters. The van der Waals surface area contributed by atoms with Crippen LogP contribution < -0.4 is 9.62 Å². The van der Waals surface area contributed by atoms with Crippen molar-refractivity contribution in [3.63, 3.8) is 0 Å². The molecule has 0 aliphatic rings. The Bertz CT molecular complexity index is 1390. The predicted octanol–water partition coefficient (Wildman–Crippen LogP) is 6.52. The van der Waals surface area contributed by atoms with Crippen LogP contribution >= 0.6 is 45.8 Å². The fraction of sp³-hybridized carbons (Fsp3) is 0.310. The number of sulfonamides is 1. The first-order valence-corrected chi connectivity index (χ1v) is 16.2. The molecule has 0 aromatic heterocycles. The van der Waals surface area contributed by atoms with Gasteiger partial charge in [0.05, 0.1) is 10.6 Å². The molecule has 0 aliphatic heterocycles. The number of benzene rings is 3. The summed E-state index contributed by atoms with van der Waals surface area (Å²) in [6, 6.07) is 18.9. The zero-order chi connectivity index (χ0) is 29.3. The monoisotopic (exact) mass is 715 g/mol. The number of halogens is 3. The van der Waals surface area contributed by atoms with Crippen molar-refractivity contribution in [3.05, 3.63) is 92.0 Å². The van der Waals surface area contributed by atoms with E-state index in [4.69, 9.17) is 23.2 Å². The lowest BCUT2D eigenvalue weighted by Gasteiger charge is -2.33. The molecule has 3 aromatic rings. The van der Waals surface area contributed by atoms with Crippen LogP contribution in [-0.4, -0.2) is 44.3 Å². The van der Waals surface area contributed by atoms with E-state index in [-0.39, 0.29) is 17.3 Å². The van der Waals surface area contributed by atoms with E-state index in [2.05, 4.69) is 27.9 Å². The molecule has 7 nitrogen and oxygen atoms in total. The average molecular weight is 716 g/mol. The highest BCUT2D eigenvalue weighted by Crippen LogP contribution is 2.29. The minimum absolute atomic E-state index is 0.0476. The van der Waals surface area contributed by atoms with Crippen molar-refractivity contribution in [2.45, 2.75) is 50.6 Å². The van der Waals surface area contributed by atoms with Gasteiger partial charge in [0.25, 0.3) is 10.0 Å². The number of carbonyl (C=O) groups excluding carboxylic acids is 2. The minimum Gasteiger partial charge on any atom is -0.354 e. The molecule has 0 spiro atoms. The number of unbranched alkanes of at least 4 members (excludes halogenated alkanes) is 1. The molecule has 1 N–H and O–H groups in total. The molecule has 0 unspecified atom stereocenters. The average Bonchev–Trinajstić information content (AvgIpc) is 2.94. The van der Waals surface area contributed by atoms with Crippen molar-refractivity contribution in [1.82, 2.24) is 10.2 Å². The second kappa shape index (κ2) is 15.0. The maximum atomic E-state index is 14.1. The van der Waals surface area contributed by atoms with Crippen molar-refractivity contribution in [2.24, 2.45) is 0 Å². The number of nitrogens with one attached hydrogen (secondary N) is 1. The van der Waals surface area contributed by atoms with E-state index >= 15 is 0 Å². The largest absolute Gasteiger partial charge is 0.354 e. The lowest BCUT2D eigenvalue weighted by atomic mass is 10.1. The molecule has 0 aliphatic carbocycles. The third-order valence-electron chi connectivity index (χ3n) is 6.33. The van der Waals surface area contributed by atoms with E-state index in [1.54, 1.807) is 67.6 Å². The van der Waals surface area contributed by atoms with Crippen LogP contribution in [0.4, 0.5) is 5.69 Å². The SMILES string of the molecule is CCCCNC(=O)[C@H](CC)N(Cc1c(Cl)cccc1Cl)C(=O)CN(c1ccc(I)cc1)S(=O)(=O)c1ccccc1. The van der Waals surface area contributed by atoms with Gasteiger partial charge in [-0.3, -0.25) is 13.9 Å². The van der Waals surface area contributed by atoms with Crippen LogP contribution in [0.5, 0.6) is 0 Å². The van der Waals surface area contributed by atoms with Crippen LogP contribution in [0.2, 0.25) is 10.0 Å². The number of nitrogens with zero attached hydrogens (tertiary/aromatic N) is 2. The summed E-state index contributed by atoms with van der Waals surface area (Å²) >= 11 is 15.0. The Hall–Kier alpha value is -2.34. The maximum Gasteiger partial charge on any atom is 0.264 e. The summed E-state index contributed by atoms with van der Waals surface area (Å²) in [5.74, 6) is -0.884. The summed E-state index contributed by atoms with van der Waals surface area (Å²) in [6.45, 7) is 3.70. The van der Waals surface area contributed by atoms with Crippen LogP contribution in [0, 0.1) is 3.57 Å². The number of carbonyl (C=O) groups is 2. The molecule has 0 bridgehead atoms. The highest BCUT2D eigenvalue weighted by molar-refractivity contribution is 14.1. The first-order valence-electron chi connectivity index (χ1n) is 12.9. The van der Waals surface area contributed by atoms with Gasteiger partial charge in [0, 0.05) is 32.3 Å². The maximum absolute atomic E-state index is 14.1. The second-order valence-corrected chi connectivity index (χ2v) is 13.0. The molecule has 3 rings (SSSR count). The highest BCUT2D eigenvalue weighted by Gasteiger charge is 2.34. The number of anilines is 1. The molecule has 0 heterocycles. The molecular formula is C29H32Cl2IN3O4S. The van der Waals surface area contributed by atoms with Gasteiger partial charge >= 0.3 is 0 Å². The molecular weight excluding hydrogens is 684 g/mol. The Balaban J connectivity index is 2.06. The second-order valence-electron chi connectivity index (χ2n) is 9.09. The van der Waals surface area contributed by atoms with Gasteiger partial charge in [-0.25, -0.2) is 8.42 Å². The summed E-state index contributed by atoms with van der Waals surface area (Å²) in [5, 5.41) is 3.59. The van der Waals surface area contributed by atoms with Crippen LogP contribution in [0.1, 0.15) is 38.7 Å². The normalized spacial score (nSPS) is 12.0. The Morgan fingerprint density at radius 3 is 2.12 bits per heavy atom. The van der Waals surface area contributed by atoms with Gasteiger partial charge in [-0.1, -0.05) is 67.7 Å². The molecule has 0 radical (unpaired) electrons. The van der Waals surface area contributed by atoms with E-state index in [0.717, 1.165) is 20.7 Å². The van der Waals surface area contributed by atoms with Crippen LogP contribution in [-0.2, 0) is 26.2 Å². The highest BCUT2D eigenvalue weighted by atomic mass is 127. The summed E-state index contributed by atoms with van der Waals surface area (Å²) in [4.78, 5) is 28.8. The lowest BCUT2D eigenvalue weighted by molar-refractivity contribution is -0.140. The van der Waals surface area contributed by atoms with Crippen molar-refractivity contribution in [3.8, 4) is 0 Å². The number of hydrogen-bond acceptors (Lipinski definition) is 4. The standard InChI is InChI=1S/C29H32Cl2IN3O4S/c1-3-5-18-33-29(37)27(4-2)34(19-24-25(30)12-9-13-26(24)31)28(36)20-35(22-16-14-21(32)15-17-22)40(38,39)23-10-7-6-8-11-23/h6-17,27H,3-5,18-20H2,1-2H3,(H,33,37)/t27-/m0/s1. The van der Waals surface area contributed by atoms with Crippen LogP contribution in [0.3, 0.4) is 0 Å². The van der Waals surface area contributed by atoms with E-state index in [9.17, 15) is 18.0 Å². The molecule has 0 fully saturated rings. The van der Waals surface area contributed by atoms with E-state index in [1.807, 2.05) is 6.92 Å². The summed E-state index contributed by atoms with van der Waals surface area (Å²) in [6.07, 6.45) is 2.00. The molecule has 3 aromatic carbocycles. The van der Waals surface area contributed by atoms with Gasteiger partial charge in [-0.2, -0.15) is 0 Å². The quantitative estimate of drug-likeness (QED) is 0.161. The van der Waals surface area contributed by atoms with Gasteiger partial charge in [-0.15, -0.1) is 0 Å². The van der Waals surface area contributed by atoms with E-state index in [1.165, 1.54) is 17.0 Å². The van der Waals surface area contributed by atoms with E-state index in [0.29, 0.717) is 34.3 Å². The smallest absolute Gasteiger partial charge is 0.264 e. The molecule has 2 amide bonds. The van der Waals surface area contributed by atoms with E-state index < -0.39 is 28.5 Å². The van der Waals surface area contributed by atoms with Gasteiger partial charge in [0.2, 0.25) is 11.8 Å². The molecule has 11 heteroatoms. The molecule has 0 saturated heterocycles. The van der Waals surface area contributed by atoms with Gasteiger partial charge in [0.15, 0.2) is 0 Å². The Morgan fingerprint density at radius 1 is 0.925 bits per heavy atom. The molecule has 214 valence electrons. The number of hydrogen-bond donors (Lipinski definition) is 1. The third-order valence-corrected chi connectivity index (χ3v) is 9.55. The van der Waals surface area contributed by atoms with Gasteiger partial charge in [-0.05, 0) is 84.0 Å². The molecule has 0 saturated carbocycles. The summed E-state index contributed by atoms with van der Waals surface area (Å²) in [7, 11) is -4.12. The van der Waals surface area contributed by atoms with Crippen molar-refractivity contribution in [2.75, 3.05) is 17.4 Å². The van der Waals surface area contributed by atoms with Gasteiger partial charge < -0.3 is 10.2 Å². The number of amides is 2. The molecule has 40 heavy (non-hydrogen) atoms. The lowest BCUT2D eigenvalue weighted by Crippen LogP contribution is -2.52. The van der Waals surface area contributed by atoms with Crippen molar-refractivity contribution < 1.29 is 18.0 Å². The Labute approximate surface area is 260 Å².